The molecule has 1 aliphatic heterocycles. The van der Waals surface area contributed by atoms with E-state index in [1.54, 1.807) is 12.3 Å². The van der Waals surface area contributed by atoms with E-state index in [1.165, 1.54) is 0 Å². The molecule has 0 amide bonds. The number of aromatic nitrogens is 1. The van der Waals surface area contributed by atoms with Gasteiger partial charge < -0.3 is 0 Å². The van der Waals surface area contributed by atoms with Crippen LogP contribution in [-0.4, -0.2) is 13.4 Å². The summed E-state index contributed by atoms with van der Waals surface area (Å²) in [6.07, 6.45) is 1.54. The van der Waals surface area contributed by atoms with Gasteiger partial charge >= 0.3 is 0 Å². The Morgan fingerprint density at radius 3 is 2.45 bits per heavy atom. The lowest BCUT2D eigenvalue weighted by atomic mass is 9.91. The van der Waals surface area contributed by atoms with Gasteiger partial charge in [-0.3, -0.25) is 0 Å². The van der Waals surface area contributed by atoms with E-state index in [4.69, 9.17) is 0 Å². The number of hydrogen-bond donors (Lipinski definition) is 0. The third-order valence-electron chi connectivity index (χ3n) is 3.43. The van der Waals surface area contributed by atoms with Crippen LogP contribution in [0.2, 0.25) is 0 Å². The lowest BCUT2D eigenvalue weighted by Crippen LogP contribution is -2.07. The molecule has 20 heavy (non-hydrogen) atoms. The van der Waals surface area contributed by atoms with Gasteiger partial charge in [0.05, 0.1) is 5.75 Å². The van der Waals surface area contributed by atoms with Crippen LogP contribution in [0.5, 0.6) is 0 Å². The Morgan fingerprint density at radius 1 is 1.05 bits per heavy atom. The summed E-state index contributed by atoms with van der Waals surface area (Å²) < 4.78 is 24.7. The Balaban J connectivity index is 0.000000704. The van der Waals surface area contributed by atoms with E-state index in [9.17, 15) is 8.42 Å². The summed E-state index contributed by atoms with van der Waals surface area (Å²) in [6.45, 7) is 6.03. The van der Waals surface area contributed by atoms with Crippen molar-refractivity contribution < 1.29 is 8.42 Å². The molecule has 0 fully saturated rings. The first-order chi connectivity index (χ1) is 9.59. The highest BCUT2D eigenvalue weighted by Crippen LogP contribution is 2.35. The topological polar surface area (TPSA) is 47.0 Å². The second-order valence-electron chi connectivity index (χ2n) is 4.58. The van der Waals surface area contributed by atoms with Crippen molar-refractivity contribution in [3.05, 3.63) is 59.3 Å². The van der Waals surface area contributed by atoms with Crippen LogP contribution in [-0.2, 0) is 15.6 Å². The molecule has 106 valence electrons. The number of nitrogens with zero attached hydrogens (tertiary/aromatic N) is 1. The smallest absolute Gasteiger partial charge is 0.200 e. The Hall–Kier alpha value is -1.68. The van der Waals surface area contributed by atoms with Crippen molar-refractivity contribution in [3.63, 3.8) is 0 Å². The summed E-state index contributed by atoms with van der Waals surface area (Å²) in [5, 5.41) is 0.230. The molecule has 1 atom stereocenters. The fourth-order valence-electron chi connectivity index (χ4n) is 2.52. The van der Waals surface area contributed by atoms with Crippen molar-refractivity contribution in [2.45, 2.75) is 37.5 Å². The van der Waals surface area contributed by atoms with Crippen molar-refractivity contribution in [3.8, 4) is 0 Å². The Morgan fingerprint density at radius 2 is 1.70 bits per heavy atom. The molecular formula is C16H19NO2S. The van der Waals surface area contributed by atoms with Crippen LogP contribution in [0.4, 0.5) is 0 Å². The molecule has 0 aliphatic carbocycles. The Bertz CT molecular complexity index is 708. The second-order valence-corrected chi connectivity index (χ2v) is 6.48. The van der Waals surface area contributed by atoms with Crippen molar-refractivity contribution in [1.29, 1.82) is 0 Å². The van der Waals surface area contributed by atoms with Crippen LogP contribution in [0.15, 0.2) is 47.6 Å². The summed E-state index contributed by atoms with van der Waals surface area (Å²) in [5.41, 5.74) is 2.75. The van der Waals surface area contributed by atoms with Crippen LogP contribution in [0.1, 0.15) is 43.4 Å². The first-order valence-electron chi connectivity index (χ1n) is 6.85. The van der Waals surface area contributed by atoms with Crippen molar-refractivity contribution in [1.82, 2.24) is 4.98 Å². The third kappa shape index (κ3) is 2.48. The molecule has 0 radical (unpaired) electrons. The predicted octanol–water partition coefficient (Wildman–Crippen LogP) is 3.55. The van der Waals surface area contributed by atoms with Gasteiger partial charge in [-0.15, -0.1) is 0 Å². The summed E-state index contributed by atoms with van der Waals surface area (Å²) in [4.78, 5) is 4.08. The standard InChI is InChI=1S/C14H13NO2S.C2H6/c1-10-12-6-3-2-5-11(12)9-18(16,17)14-13(10)7-4-8-15-14;1-2/h2-8,10H,9H2,1H3;1-2H3. The lowest BCUT2D eigenvalue weighted by molar-refractivity contribution is 0.590. The van der Waals surface area contributed by atoms with Crippen LogP contribution < -0.4 is 0 Å². The van der Waals surface area contributed by atoms with Gasteiger partial charge in [-0.25, -0.2) is 13.4 Å². The molecule has 1 unspecified atom stereocenters. The fraction of sp³-hybridized carbons (Fsp3) is 0.312. The first-order valence-corrected chi connectivity index (χ1v) is 8.50. The molecule has 1 aromatic carbocycles. The van der Waals surface area contributed by atoms with Gasteiger partial charge in [-0.1, -0.05) is 51.1 Å². The number of rotatable bonds is 0. The maximum atomic E-state index is 12.3. The number of fused-ring (bicyclic) bond motifs is 2. The van der Waals surface area contributed by atoms with Gasteiger partial charge in [-0.05, 0) is 22.8 Å². The summed E-state index contributed by atoms with van der Waals surface area (Å²) in [5.74, 6) is 0.0968. The predicted molar refractivity (Wildman–Crippen MR) is 80.4 cm³/mol. The molecule has 0 bridgehead atoms. The number of pyridine rings is 1. The van der Waals surface area contributed by atoms with E-state index < -0.39 is 9.84 Å². The molecule has 2 heterocycles. The zero-order valence-electron chi connectivity index (χ0n) is 12.0. The summed E-state index contributed by atoms with van der Waals surface area (Å²) in [6, 6.07) is 11.4. The molecule has 2 aromatic rings. The van der Waals surface area contributed by atoms with E-state index in [2.05, 4.69) is 4.98 Å². The van der Waals surface area contributed by atoms with Gasteiger partial charge in [0, 0.05) is 12.1 Å². The molecule has 0 saturated carbocycles. The number of hydrogen-bond acceptors (Lipinski definition) is 3. The maximum absolute atomic E-state index is 12.3. The third-order valence-corrected chi connectivity index (χ3v) is 5.05. The van der Waals surface area contributed by atoms with E-state index >= 15 is 0 Å². The first kappa shape index (κ1) is 14.7. The minimum absolute atomic E-state index is 0.0392. The molecule has 1 aromatic heterocycles. The zero-order valence-corrected chi connectivity index (χ0v) is 12.8. The fourth-order valence-corrected chi connectivity index (χ4v) is 4.16. The molecule has 3 rings (SSSR count). The van der Waals surface area contributed by atoms with Crippen molar-refractivity contribution >= 4 is 9.84 Å². The second kappa shape index (κ2) is 5.75. The van der Waals surface area contributed by atoms with Crippen LogP contribution >= 0.6 is 0 Å². The SMILES string of the molecule is CC.CC1c2ccccc2CS(=O)(=O)c2ncccc21. The molecule has 3 nitrogen and oxygen atoms in total. The lowest BCUT2D eigenvalue weighted by Gasteiger charge is -2.13. The van der Waals surface area contributed by atoms with Crippen molar-refractivity contribution in [2.24, 2.45) is 0 Å². The van der Waals surface area contributed by atoms with Crippen LogP contribution in [0.3, 0.4) is 0 Å². The van der Waals surface area contributed by atoms with Gasteiger partial charge in [0.2, 0.25) is 0 Å². The monoisotopic (exact) mass is 289 g/mol. The Kier molecular flexibility index (Phi) is 4.23. The van der Waals surface area contributed by atoms with Gasteiger partial charge in [0.15, 0.2) is 14.9 Å². The van der Waals surface area contributed by atoms with Gasteiger partial charge in [0.1, 0.15) is 0 Å². The van der Waals surface area contributed by atoms with E-state index in [0.717, 1.165) is 16.7 Å². The molecule has 4 heteroatoms. The van der Waals surface area contributed by atoms with Gasteiger partial charge in [-0.2, -0.15) is 0 Å². The zero-order chi connectivity index (χ0) is 14.8. The molecule has 0 spiro atoms. The van der Waals surface area contributed by atoms with E-state index in [1.807, 2.05) is 51.1 Å². The highest BCUT2D eigenvalue weighted by Gasteiger charge is 2.29. The highest BCUT2D eigenvalue weighted by atomic mass is 32.2. The summed E-state index contributed by atoms with van der Waals surface area (Å²) >= 11 is 0. The quantitative estimate of drug-likeness (QED) is 0.745. The normalized spacial score (nSPS) is 18.9. The van der Waals surface area contributed by atoms with Crippen molar-refractivity contribution in [2.75, 3.05) is 0 Å². The number of benzene rings is 1. The number of sulfone groups is 1. The van der Waals surface area contributed by atoms with Crippen LogP contribution in [0.25, 0.3) is 0 Å². The van der Waals surface area contributed by atoms with E-state index in [0.29, 0.717) is 0 Å². The largest absolute Gasteiger partial charge is 0.244 e. The van der Waals surface area contributed by atoms with E-state index in [-0.39, 0.29) is 16.7 Å². The average Bonchev–Trinajstić information content (AvgIpc) is 2.56. The molecular weight excluding hydrogens is 270 g/mol. The molecule has 0 saturated heterocycles. The molecule has 0 N–H and O–H groups in total. The average molecular weight is 289 g/mol. The Labute approximate surface area is 120 Å². The highest BCUT2D eigenvalue weighted by molar-refractivity contribution is 7.90. The minimum atomic E-state index is -3.34. The van der Waals surface area contributed by atoms with Gasteiger partial charge in [0.25, 0.3) is 0 Å². The summed E-state index contributed by atoms with van der Waals surface area (Å²) in [7, 11) is -3.34. The van der Waals surface area contributed by atoms with Crippen LogP contribution in [0, 0.1) is 0 Å². The maximum Gasteiger partial charge on any atom is 0.200 e. The minimum Gasteiger partial charge on any atom is -0.244 e. The molecule has 1 aliphatic rings.